The lowest BCUT2D eigenvalue weighted by Gasteiger charge is -2.24. The van der Waals surface area contributed by atoms with Crippen LogP contribution in [-0.4, -0.2) is 44.3 Å². The van der Waals surface area contributed by atoms with Crippen molar-refractivity contribution in [3.05, 3.63) is 0 Å². The van der Waals surface area contributed by atoms with Gasteiger partial charge < -0.3 is 14.8 Å². The number of morpholine rings is 1. The summed E-state index contributed by atoms with van der Waals surface area (Å²) in [5, 5.41) is 3.14. The minimum absolute atomic E-state index is 0.115. The Bertz CT molecular complexity index is 183. The lowest BCUT2D eigenvalue weighted by atomic mass is 10.1. The van der Waals surface area contributed by atoms with E-state index in [0.29, 0.717) is 13.2 Å². The van der Waals surface area contributed by atoms with Gasteiger partial charge in [-0.25, -0.2) is 0 Å². The van der Waals surface area contributed by atoms with E-state index in [4.69, 9.17) is 9.47 Å². The van der Waals surface area contributed by atoms with Gasteiger partial charge in [-0.3, -0.25) is 4.79 Å². The topological polar surface area (TPSA) is 47.6 Å². The second-order valence-electron chi connectivity index (χ2n) is 3.47. The van der Waals surface area contributed by atoms with E-state index in [1.807, 2.05) is 0 Å². The van der Waals surface area contributed by atoms with Gasteiger partial charge >= 0.3 is 0 Å². The van der Waals surface area contributed by atoms with Crippen molar-refractivity contribution in [1.29, 1.82) is 0 Å². The summed E-state index contributed by atoms with van der Waals surface area (Å²) >= 11 is 0. The molecule has 0 aliphatic carbocycles. The quantitative estimate of drug-likeness (QED) is 0.643. The van der Waals surface area contributed by atoms with Crippen LogP contribution < -0.4 is 5.32 Å². The molecule has 0 aromatic rings. The van der Waals surface area contributed by atoms with E-state index in [2.05, 4.69) is 5.32 Å². The van der Waals surface area contributed by atoms with Gasteiger partial charge in [0.25, 0.3) is 0 Å². The van der Waals surface area contributed by atoms with Crippen molar-refractivity contribution in [2.45, 2.75) is 25.0 Å². The van der Waals surface area contributed by atoms with Crippen molar-refractivity contribution in [2.24, 2.45) is 0 Å². The number of hydrogen-bond acceptors (Lipinski definition) is 4. The van der Waals surface area contributed by atoms with Gasteiger partial charge in [0.15, 0.2) is 5.78 Å². The van der Waals surface area contributed by atoms with Gasteiger partial charge in [0.1, 0.15) is 12.2 Å². The van der Waals surface area contributed by atoms with Gasteiger partial charge in [-0.1, -0.05) is 0 Å². The third kappa shape index (κ3) is 2.07. The Morgan fingerprint density at radius 2 is 2.08 bits per heavy atom. The third-order valence-corrected chi connectivity index (χ3v) is 2.49. The molecule has 2 atom stereocenters. The number of nitrogens with one attached hydrogen (secondary N) is 1. The lowest BCUT2D eigenvalue weighted by Crippen LogP contribution is -2.46. The minimum Gasteiger partial charge on any atom is -0.370 e. The molecule has 74 valence electrons. The predicted octanol–water partition coefficient (Wildman–Crippen LogP) is -0.277. The number of carbonyl (C=O) groups excluding carboxylic acids is 1. The lowest BCUT2D eigenvalue weighted by molar-refractivity contribution is -0.141. The molecule has 2 rings (SSSR count). The zero-order valence-corrected chi connectivity index (χ0v) is 7.62. The molecule has 0 amide bonds. The van der Waals surface area contributed by atoms with Crippen LogP contribution in [0.1, 0.15) is 12.8 Å². The molecule has 0 bridgehead atoms. The Labute approximate surface area is 77.6 Å². The number of ketones is 1. The monoisotopic (exact) mass is 185 g/mol. The van der Waals surface area contributed by atoms with E-state index in [1.165, 1.54) is 0 Å². The maximum absolute atomic E-state index is 11.7. The van der Waals surface area contributed by atoms with Crippen LogP contribution in [0.5, 0.6) is 0 Å². The number of Topliss-reactive ketones (excluding diaryl/α,β-unsaturated/α-hetero) is 1. The summed E-state index contributed by atoms with van der Waals surface area (Å²) in [4.78, 5) is 11.7. The van der Waals surface area contributed by atoms with E-state index in [1.54, 1.807) is 0 Å². The van der Waals surface area contributed by atoms with E-state index < -0.39 is 0 Å². The standard InChI is InChI=1S/C9H15NO3/c11-9(7-2-1-4-12-7)8-6-10-3-5-13-8/h7-8,10H,1-6H2. The Morgan fingerprint density at radius 3 is 2.69 bits per heavy atom. The van der Waals surface area contributed by atoms with Crippen molar-refractivity contribution < 1.29 is 14.3 Å². The van der Waals surface area contributed by atoms with Gasteiger partial charge in [0.2, 0.25) is 0 Å². The van der Waals surface area contributed by atoms with Gasteiger partial charge in [0.05, 0.1) is 6.61 Å². The molecule has 0 aromatic carbocycles. The number of ether oxygens (including phenoxy) is 2. The van der Waals surface area contributed by atoms with Crippen LogP contribution in [0.15, 0.2) is 0 Å². The van der Waals surface area contributed by atoms with Crippen molar-refractivity contribution in [3.63, 3.8) is 0 Å². The Hall–Kier alpha value is -0.450. The van der Waals surface area contributed by atoms with Crippen molar-refractivity contribution in [1.82, 2.24) is 5.32 Å². The maximum atomic E-state index is 11.7. The molecule has 13 heavy (non-hydrogen) atoms. The molecule has 0 saturated carbocycles. The molecule has 0 aromatic heterocycles. The summed E-state index contributed by atoms with van der Waals surface area (Å²) in [5.74, 6) is 0.115. The number of hydrogen-bond donors (Lipinski definition) is 1. The molecule has 2 heterocycles. The first-order chi connectivity index (χ1) is 6.38. The van der Waals surface area contributed by atoms with Crippen LogP contribution >= 0.6 is 0 Å². The second-order valence-corrected chi connectivity index (χ2v) is 3.47. The summed E-state index contributed by atoms with van der Waals surface area (Å²) in [5.41, 5.74) is 0. The fourth-order valence-corrected chi connectivity index (χ4v) is 1.76. The highest BCUT2D eigenvalue weighted by Gasteiger charge is 2.31. The van der Waals surface area contributed by atoms with Gasteiger partial charge in [-0.2, -0.15) is 0 Å². The first-order valence-corrected chi connectivity index (χ1v) is 4.85. The number of carbonyl (C=O) groups is 1. The zero-order chi connectivity index (χ0) is 9.10. The SMILES string of the molecule is O=C(C1CCCO1)C1CNCCO1. The smallest absolute Gasteiger partial charge is 0.191 e. The van der Waals surface area contributed by atoms with Crippen LogP contribution in [0.3, 0.4) is 0 Å². The molecule has 2 fully saturated rings. The molecule has 4 heteroatoms. The average Bonchev–Trinajstić information content (AvgIpc) is 2.71. The first-order valence-electron chi connectivity index (χ1n) is 4.85. The Balaban J connectivity index is 1.87. The summed E-state index contributed by atoms with van der Waals surface area (Å²) in [7, 11) is 0. The summed E-state index contributed by atoms with van der Waals surface area (Å²) in [6.45, 7) is 2.83. The molecule has 4 nitrogen and oxygen atoms in total. The molecular formula is C9H15NO3. The fourth-order valence-electron chi connectivity index (χ4n) is 1.76. The zero-order valence-electron chi connectivity index (χ0n) is 7.62. The van der Waals surface area contributed by atoms with Gasteiger partial charge in [-0.05, 0) is 12.8 Å². The van der Waals surface area contributed by atoms with E-state index in [9.17, 15) is 4.79 Å². The third-order valence-electron chi connectivity index (χ3n) is 2.49. The van der Waals surface area contributed by atoms with Gasteiger partial charge in [0, 0.05) is 19.7 Å². The Kier molecular flexibility index (Phi) is 2.93. The minimum atomic E-state index is -0.281. The fraction of sp³-hybridized carbons (Fsp3) is 0.889. The van der Waals surface area contributed by atoms with Crippen molar-refractivity contribution in [2.75, 3.05) is 26.3 Å². The molecule has 2 aliphatic heterocycles. The summed E-state index contributed by atoms with van der Waals surface area (Å²) in [6.07, 6.45) is 1.37. The van der Waals surface area contributed by atoms with Crippen LogP contribution in [0.2, 0.25) is 0 Å². The largest absolute Gasteiger partial charge is 0.370 e. The van der Waals surface area contributed by atoms with E-state index in [-0.39, 0.29) is 18.0 Å². The maximum Gasteiger partial charge on any atom is 0.191 e. The van der Waals surface area contributed by atoms with Gasteiger partial charge in [-0.15, -0.1) is 0 Å². The average molecular weight is 185 g/mol. The highest BCUT2D eigenvalue weighted by Crippen LogP contribution is 2.15. The van der Waals surface area contributed by atoms with Crippen LogP contribution in [0.4, 0.5) is 0 Å². The molecular weight excluding hydrogens is 170 g/mol. The highest BCUT2D eigenvalue weighted by molar-refractivity contribution is 5.87. The van der Waals surface area contributed by atoms with Crippen molar-refractivity contribution >= 4 is 5.78 Å². The molecule has 0 radical (unpaired) electrons. The number of rotatable bonds is 2. The summed E-state index contributed by atoms with van der Waals surface area (Å²) < 4.78 is 10.7. The normalized spacial score (nSPS) is 34.8. The molecule has 2 aliphatic rings. The predicted molar refractivity (Wildman–Crippen MR) is 46.6 cm³/mol. The van der Waals surface area contributed by atoms with Crippen LogP contribution in [0.25, 0.3) is 0 Å². The second kappa shape index (κ2) is 4.17. The van der Waals surface area contributed by atoms with Crippen LogP contribution in [0, 0.1) is 0 Å². The van der Waals surface area contributed by atoms with E-state index >= 15 is 0 Å². The molecule has 2 saturated heterocycles. The van der Waals surface area contributed by atoms with E-state index in [0.717, 1.165) is 26.0 Å². The summed E-state index contributed by atoms with van der Waals surface area (Å²) in [6, 6.07) is 0. The Morgan fingerprint density at radius 1 is 1.23 bits per heavy atom. The molecule has 2 unspecified atom stereocenters. The van der Waals surface area contributed by atoms with Crippen LogP contribution in [-0.2, 0) is 14.3 Å². The van der Waals surface area contributed by atoms with Crippen molar-refractivity contribution in [3.8, 4) is 0 Å². The highest BCUT2D eigenvalue weighted by atomic mass is 16.5. The molecule has 0 spiro atoms. The first kappa shape index (κ1) is 9.12. The molecule has 1 N–H and O–H groups in total.